The predicted molar refractivity (Wildman–Crippen MR) is 111 cm³/mol. The molecule has 0 fully saturated rings. The van der Waals surface area contributed by atoms with Crippen molar-refractivity contribution < 1.29 is 14.3 Å². The normalized spacial score (nSPS) is 10.9. The van der Waals surface area contributed by atoms with Gasteiger partial charge in [0.05, 0.1) is 6.42 Å². The molecule has 0 saturated heterocycles. The highest BCUT2D eigenvalue weighted by atomic mass is 16.5. The number of aryl methyl sites for hydroxylation is 1. The predicted octanol–water partition coefficient (Wildman–Crippen LogP) is 4.19. The quantitative estimate of drug-likeness (QED) is 0.516. The molecule has 1 heterocycles. The summed E-state index contributed by atoms with van der Waals surface area (Å²) in [7, 11) is 1.69. The summed E-state index contributed by atoms with van der Waals surface area (Å²) in [5.41, 5.74) is 1.82. The van der Waals surface area contributed by atoms with Gasteiger partial charge in [0.2, 0.25) is 0 Å². The molecule has 3 rings (SSSR count). The second kappa shape index (κ2) is 8.61. The van der Waals surface area contributed by atoms with Gasteiger partial charge in [-0.2, -0.15) is 0 Å². The van der Waals surface area contributed by atoms with Crippen molar-refractivity contribution in [2.45, 2.75) is 32.9 Å². The van der Waals surface area contributed by atoms with E-state index in [1.54, 1.807) is 31.3 Å². The lowest BCUT2D eigenvalue weighted by molar-refractivity contribution is -0.134. The van der Waals surface area contributed by atoms with Crippen molar-refractivity contribution in [2.24, 2.45) is 0 Å². The Hall–Kier alpha value is -3.28. The standard InChI is InChI=1S/C22H25N3O3/c1-16(2)23-22(27)24(3)18-8-10-19(11-9-18)28-21(26)13-15-25-14-12-17-6-4-5-7-20(17)25/h4-12,14,16H,13,15H2,1-3H3,(H,23,27). The summed E-state index contributed by atoms with van der Waals surface area (Å²) in [6.45, 7) is 4.37. The Balaban J connectivity index is 1.55. The number of rotatable bonds is 6. The number of urea groups is 1. The number of amides is 2. The number of nitrogens with one attached hydrogen (secondary N) is 1. The number of benzene rings is 2. The van der Waals surface area contributed by atoms with E-state index in [-0.39, 0.29) is 24.5 Å². The van der Waals surface area contributed by atoms with E-state index in [0.717, 1.165) is 16.6 Å². The molecule has 1 N–H and O–H groups in total. The summed E-state index contributed by atoms with van der Waals surface area (Å²) in [5.74, 6) is 0.167. The molecule has 0 unspecified atom stereocenters. The van der Waals surface area contributed by atoms with Gasteiger partial charge in [0, 0.05) is 37.0 Å². The van der Waals surface area contributed by atoms with Crippen molar-refractivity contribution in [3.05, 3.63) is 60.8 Å². The van der Waals surface area contributed by atoms with Crippen molar-refractivity contribution >= 4 is 28.6 Å². The molecule has 2 aromatic carbocycles. The summed E-state index contributed by atoms with van der Waals surface area (Å²) in [4.78, 5) is 25.7. The first-order valence-electron chi connectivity index (χ1n) is 9.33. The van der Waals surface area contributed by atoms with Crippen LogP contribution >= 0.6 is 0 Å². The van der Waals surface area contributed by atoms with Crippen LogP contribution in [0.5, 0.6) is 5.75 Å². The third-order valence-electron chi connectivity index (χ3n) is 4.41. The highest BCUT2D eigenvalue weighted by Gasteiger charge is 2.12. The minimum atomic E-state index is -0.295. The fraction of sp³-hybridized carbons (Fsp3) is 0.273. The van der Waals surface area contributed by atoms with Gasteiger partial charge < -0.3 is 14.6 Å². The Morgan fingerprint density at radius 3 is 2.50 bits per heavy atom. The molecule has 2 amide bonds. The number of anilines is 1. The Morgan fingerprint density at radius 2 is 1.79 bits per heavy atom. The molecule has 0 saturated carbocycles. The number of hydrogen-bond acceptors (Lipinski definition) is 3. The van der Waals surface area contributed by atoms with Crippen LogP contribution in [-0.4, -0.2) is 29.7 Å². The molecule has 6 nitrogen and oxygen atoms in total. The maximum atomic E-state index is 12.2. The largest absolute Gasteiger partial charge is 0.426 e. The second-order valence-corrected chi connectivity index (χ2v) is 6.95. The summed E-state index contributed by atoms with van der Waals surface area (Å²) in [6, 6.07) is 16.9. The number of hydrogen-bond donors (Lipinski definition) is 1. The van der Waals surface area contributed by atoms with Crippen LogP contribution in [0.1, 0.15) is 20.3 Å². The third kappa shape index (κ3) is 4.71. The topological polar surface area (TPSA) is 63.6 Å². The SMILES string of the molecule is CC(C)NC(=O)N(C)c1ccc(OC(=O)CCn2ccc3ccccc32)cc1. The molecule has 0 atom stereocenters. The maximum Gasteiger partial charge on any atom is 0.321 e. The Labute approximate surface area is 164 Å². The van der Waals surface area contributed by atoms with Crippen molar-refractivity contribution in [3.8, 4) is 5.75 Å². The Morgan fingerprint density at radius 1 is 1.07 bits per heavy atom. The lowest BCUT2D eigenvalue weighted by Crippen LogP contribution is -2.40. The number of carbonyl (C=O) groups excluding carboxylic acids is 2. The van der Waals surface area contributed by atoms with Gasteiger partial charge in [-0.1, -0.05) is 18.2 Å². The lowest BCUT2D eigenvalue weighted by atomic mass is 10.2. The zero-order chi connectivity index (χ0) is 20.1. The molecule has 6 heteroatoms. The fourth-order valence-electron chi connectivity index (χ4n) is 2.93. The van der Waals surface area contributed by atoms with E-state index >= 15 is 0 Å². The lowest BCUT2D eigenvalue weighted by Gasteiger charge is -2.20. The van der Waals surface area contributed by atoms with E-state index in [9.17, 15) is 9.59 Å². The van der Waals surface area contributed by atoms with Crippen LogP contribution in [0, 0.1) is 0 Å². The van der Waals surface area contributed by atoms with Gasteiger partial charge in [0.15, 0.2) is 0 Å². The minimum absolute atomic E-state index is 0.0626. The highest BCUT2D eigenvalue weighted by Crippen LogP contribution is 2.20. The second-order valence-electron chi connectivity index (χ2n) is 6.95. The van der Waals surface area contributed by atoms with Crippen LogP contribution in [0.15, 0.2) is 60.8 Å². The molecule has 0 aliphatic rings. The highest BCUT2D eigenvalue weighted by molar-refractivity contribution is 5.91. The summed E-state index contributed by atoms with van der Waals surface area (Å²) in [6.07, 6.45) is 2.25. The third-order valence-corrected chi connectivity index (χ3v) is 4.41. The molecule has 0 aliphatic carbocycles. The molecular formula is C22H25N3O3. The average molecular weight is 379 g/mol. The number of para-hydroxylation sites is 1. The summed E-state index contributed by atoms with van der Waals surface area (Å²) >= 11 is 0. The summed E-state index contributed by atoms with van der Waals surface area (Å²) in [5, 5.41) is 3.98. The number of carbonyl (C=O) groups is 2. The van der Waals surface area contributed by atoms with Gasteiger partial charge in [-0.15, -0.1) is 0 Å². The zero-order valence-electron chi connectivity index (χ0n) is 16.4. The first-order valence-corrected chi connectivity index (χ1v) is 9.33. The molecule has 0 spiro atoms. The first-order chi connectivity index (χ1) is 13.4. The molecule has 1 aromatic heterocycles. The molecule has 0 radical (unpaired) electrons. The Bertz CT molecular complexity index is 961. The van der Waals surface area contributed by atoms with Crippen LogP contribution in [0.3, 0.4) is 0 Å². The van der Waals surface area contributed by atoms with E-state index in [1.165, 1.54) is 4.90 Å². The van der Waals surface area contributed by atoms with Gasteiger partial charge in [0.25, 0.3) is 0 Å². The van der Waals surface area contributed by atoms with E-state index in [0.29, 0.717) is 12.3 Å². The monoisotopic (exact) mass is 379 g/mol. The minimum Gasteiger partial charge on any atom is -0.426 e. The Kier molecular flexibility index (Phi) is 5.99. The molecular weight excluding hydrogens is 354 g/mol. The molecule has 0 aliphatic heterocycles. The van der Waals surface area contributed by atoms with Gasteiger partial charge >= 0.3 is 12.0 Å². The molecule has 28 heavy (non-hydrogen) atoms. The van der Waals surface area contributed by atoms with Crippen molar-refractivity contribution in [3.63, 3.8) is 0 Å². The smallest absolute Gasteiger partial charge is 0.321 e. The first kappa shape index (κ1) is 19.5. The molecule has 0 bridgehead atoms. The molecule has 146 valence electrons. The number of nitrogens with zero attached hydrogens (tertiary/aromatic N) is 2. The number of ether oxygens (including phenoxy) is 1. The van der Waals surface area contributed by atoms with E-state index in [4.69, 9.17) is 4.74 Å². The van der Waals surface area contributed by atoms with Crippen LogP contribution in [0.25, 0.3) is 10.9 Å². The van der Waals surface area contributed by atoms with Crippen molar-refractivity contribution in [2.75, 3.05) is 11.9 Å². The van der Waals surface area contributed by atoms with Crippen LogP contribution < -0.4 is 15.0 Å². The maximum absolute atomic E-state index is 12.2. The van der Waals surface area contributed by atoms with E-state index in [1.807, 2.05) is 54.9 Å². The van der Waals surface area contributed by atoms with Crippen molar-refractivity contribution in [1.29, 1.82) is 0 Å². The van der Waals surface area contributed by atoms with Gasteiger partial charge in [-0.25, -0.2) is 4.79 Å². The molecule has 3 aromatic rings. The fourth-order valence-corrected chi connectivity index (χ4v) is 2.93. The van der Waals surface area contributed by atoms with Crippen LogP contribution in [-0.2, 0) is 11.3 Å². The van der Waals surface area contributed by atoms with Gasteiger partial charge in [-0.3, -0.25) is 9.69 Å². The van der Waals surface area contributed by atoms with Crippen LogP contribution in [0.4, 0.5) is 10.5 Å². The number of esters is 1. The van der Waals surface area contributed by atoms with Crippen molar-refractivity contribution in [1.82, 2.24) is 9.88 Å². The average Bonchev–Trinajstić information content (AvgIpc) is 3.09. The van der Waals surface area contributed by atoms with E-state index < -0.39 is 0 Å². The summed E-state index contributed by atoms with van der Waals surface area (Å²) < 4.78 is 7.46. The van der Waals surface area contributed by atoms with E-state index in [2.05, 4.69) is 5.32 Å². The van der Waals surface area contributed by atoms with Gasteiger partial charge in [-0.05, 0) is 55.6 Å². The zero-order valence-corrected chi connectivity index (χ0v) is 16.4. The van der Waals surface area contributed by atoms with Crippen LogP contribution in [0.2, 0.25) is 0 Å². The number of aromatic nitrogens is 1. The number of fused-ring (bicyclic) bond motifs is 1. The van der Waals surface area contributed by atoms with Gasteiger partial charge in [0.1, 0.15) is 5.75 Å².